The molecule has 0 aromatic heterocycles. The van der Waals surface area contributed by atoms with E-state index in [1.807, 2.05) is 41.5 Å². The number of hydrogen-bond donors (Lipinski definition) is 3. The van der Waals surface area contributed by atoms with Crippen molar-refractivity contribution in [3.05, 3.63) is 53.6 Å². The number of carbonyl (C=O) groups excluding carboxylic acids is 6. The molecule has 3 N–H and O–H groups in total. The van der Waals surface area contributed by atoms with Crippen LogP contribution >= 0.6 is 0 Å². The third-order valence-electron chi connectivity index (χ3n) is 7.95. The zero-order chi connectivity index (χ0) is 47.2. The van der Waals surface area contributed by atoms with Crippen LogP contribution in [-0.4, -0.2) is 71.1 Å². The Kier molecular flexibility index (Phi) is 19.5. The Morgan fingerprint density at radius 1 is 0.452 bits per heavy atom. The number of amides is 3. The Hall–Kier alpha value is -5.60. The Labute approximate surface area is 367 Å². The topological polar surface area (TPSA) is 194 Å². The second kappa shape index (κ2) is 23.0. The first-order valence-electron chi connectivity index (χ1n) is 21.0. The minimum Gasteiger partial charge on any atom is -0.458 e. The number of hydrogen-bond acceptors (Lipinski definition) is 12. The van der Waals surface area contributed by atoms with E-state index in [4.69, 9.17) is 28.4 Å². The second-order valence-corrected chi connectivity index (χ2v) is 19.4. The molecule has 3 atom stereocenters. The standard InChI is InChI=1S/C47H69N3O12/c1-28(2)22-36(39(51)60-45(7,8)9)48-42(54)57-33-20-18-31(19-21-33)16-17-32-25-34(58-43(55)49-37(23-29(3)4)40(52)61-46(10,11)12)27-35(26-32)59-44(56)50-38(24-30(5)6)41(53)62-47(13,14)15/h16-21,25-30,36-38H,22-24H2,1-15H3,(H,48,54)(H,49,55)(H,50,56)/b17-16+. The van der Waals surface area contributed by atoms with Crippen molar-refractivity contribution in [2.24, 2.45) is 17.8 Å². The summed E-state index contributed by atoms with van der Waals surface area (Å²) in [6.07, 6.45) is 1.62. The molecular weight excluding hydrogens is 799 g/mol. The lowest BCUT2D eigenvalue weighted by Gasteiger charge is -2.25. The first kappa shape index (κ1) is 52.5. The number of benzene rings is 2. The van der Waals surface area contributed by atoms with Gasteiger partial charge in [-0.15, -0.1) is 0 Å². The van der Waals surface area contributed by atoms with Crippen LogP contribution in [0.2, 0.25) is 0 Å². The summed E-state index contributed by atoms with van der Waals surface area (Å²) in [5, 5.41) is 7.80. The van der Waals surface area contributed by atoms with Crippen molar-refractivity contribution in [1.29, 1.82) is 0 Å². The van der Waals surface area contributed by atoms with Crippen molar-refractivity contribution < 1.29 is 57.2 Å². The van der Waals surface area contributed by atoms with Crippen LogP contribution < -0.4 is 30.2 Å². The zero-order valence-electron chi connectivity index (χ0n) is 39.2. The predicted octanol–water partition coefficient (Wildman–Crippen LogP) is 9.39. The number of carbonyl (C=O) groups is 6. The Bertz CT molecular complexity index is 1790. The van der Waals surface area contributed by atoms with Gasteiger partial charge in [0.15, 0.2) is 0 Å². The molecule has 2 aromatic carbocycles. The molecule has 0 bridgehead atoms. The van der Waals surface area contributed by atoms with Gasteiger partial charge < -0.3 is 44.4 Å². The molecule has 0 radical (unpaired) electrons. The van der Waals surface area contributed by atoms with Crippen LogP contribution in [0.15, 0.2) is 42.5 Å². The fourth-order valence-electron chi connectivity index (χ4n) is 5.66. The smallest absolute Gasteiger partial charge is 0.413 e. The van der Waals surface area contributed by atoms with Crippen LogP contribution in [-0.2, 0) is 28.6 Å². The molecule has 15 nitrogen and oxygen atoms in total. The number of ether oxygens (including phenoxy) is 6. The molecule has 0 heterocycles. The minimum atomic E-state index is -0.999. The lowest BCUT2D eigenvalue weighted by molar-refractivity contribution is -0.158. The second-order valence-electron chi connectivity index (χ2n) is 19.4. The highest BCUT2D eigenvalue weighted by Gasteiger charge is 2.31. The molecular formula is C47H69N3O12. The zero-order valence-corrected chi connectivity index (χ0v) is 39.2. The summed E-state index contributed by atoms with van der Waals surface area (Å²) in [5.41, 5.74) is -1.19. The third-order valence-corrected chi connectivity index (χ3v) is 7.95. The van der Waals surface area contributed by atoms with Crippen LogP contribution in [0.5, 0.6) is 17.2 Å². The summed E-state index contributed by atoms with van der Waals surface area (Å²) >= 11 is 0. The van der Waals surface area contributed by atoms with Gasteiger partial charge in [-0.25, -0.2) is 28.8 Å². The average molecular weight is 868 g/mol. The molecule has 3 amide bonds. The normalized spacial score (nSPS) is 13.5. The maximum absolute atomic E-state index is 13.2. The summed E-state index contributed by atoms with van der Waals surface area (Å²) in [4.78, 5) is 78.0. The van der Waals surface area contributed by atoms with E-state index in [9.17, 15) is 28.8 Å². The van der Waals surface area contributed by atoms with Crippen molar-refractivity contribution in [1.82, 2.24) is 16.0 Å². The number of rotatable bonds is 17. The van der Waals surface area contributed by atoms with E-state index in [2.05, 4.69) is 16.0 Å². The quantitative estimate of drug-likeness (QED) is 0.0776. The Morgan fingerprint density at radius 2 is 0.742 bits per heavy atom. The van der Waals surface area contributed by atoms with Crippen molar-refractivity contribution in [3.63, 3.8) is 0 Å². The van der Waals surface area contributed by atoms with Gasteiger partial charge in [-0.2, -0.15) is 0 Å². The molecule has 0 spiro atoms. The Balaban J connectivity index is 2.39. The van der Waals surface area contributed by atoms with E-state index in [1.54, 1.807) is 98.7 Å². The van der Waals surface area contributed by atoms with Gasteiger partial charge in [0.2, 0.25) is 0 Å². The maximum Gasteiger partial charge on any atom is 0.413 e. The average Bonchev–Trinajstić information content (AvgIpc) is 3.07. The fraction of sp³-hybridized carbons (Fsp3) is 0.574. The van der Waals surface area contributed by atoms with Gasteiger partial charge in [0.1, 0.15) is 52.2 Å². The van der Waals surface area contributed by atoms with Gasteiger partial charge >= 0.3 is 36.2 Å². The largest absolute Gasteiger partial charge is 0.458 e. The Morgan fingerprint density at radius 3 is 1.03 bits per heavy atom. The lowest BCUT2D eigenvalue weighted by atomic mass is 10.0. The monoisotopic (exact) mass is 867 g/mol. The highest BCUT2D eigenvalue weighted by molar-refractivity contribution is 5.84. The van der Waals surface area contributed by atoms with Crippen molar-refractivity contribution in [2.75, 3.05) is 0 Å². The van der Waals surface area contributed by atoms with Crippen molar-refractivity contribution >= 4 is 48.3 Å². The molecule has 0 saturated carbocycles. The molecule has 344 valence electrons. The highest BCUT2D eigenvalue weighted by atomic mass is 16.6. The molecule has 0 aliphatic heterocycles. The summed E-state index contributed by atoms with van der Waals surface area (Å²) in [5.74, 6) is -1.46. The minimum absolute atomic E-state index is 0.0253. The first-order valence-corrected chi connectivity index (χ1v) is 21.0. The summed E-state index contributed by atoms with van der Waals surface area (Å²) < 4.78 is 33.2. The van der Waals surface area contributed by atoms with Gasteiger partial charge in [0, 0.05) is 6.07 Å². The molecule has 3 unspecified atom stereocenters. The number of nitrogens with one attached hydrogen (secondary N) is 3. The summed E-state index contributed by atoms with van der Waals surface area (Å²) in [6.45, 7) is 27.1. The van der Waals surface area contributed by atoms with E-state index < -0.39 is 71.1 Å². The van der Waals surface area contributed by atoms with E-state index >= 15 is 0 Å². The van der Waals surface area contributed by atoms with Crippen LogP contribution in [0.1, 0.15) is 134 Å². The maximum atomic E-state index is 13.2. The van der Waals surface area contributed by atoms with Gasteiger partial charge in [-0.05, 0) is 135 Å². The number of esters is 3. The van der Waals surface area contributed by atoms with E-state index in [1.165, 1.54) is 18.2 Å². The van der Waals surface area contributed by atoms with Gasteiger partial charge in [-0.1, -0.05) is 65.8 Å². The fourth-order valence-corrected chi connectivity index (χ4v) is 5.66. The molecule has 0 saturated heterocycles. The highest BCUT2D eigenvalue weighted by Crippen LogP contribution is 2.26. The van der Waals surface area contributed by atoms with Crippen molar-refractivity contribution in [2.45, 2.75) is 158 Å². The molecule has 62 heavy (non-hydrogen) atoms. The SMILES string of the molecule is CC(C)CC(NC(=O)Oc1ccc(/C=C/c2cc(OC(=O)NC(CC(C)C)C(=O)OC(C)(C)C)cc(OC(=O)NC(CC(C)C)C(=O)OC(C)(C)C)c2)cc1)C(=O)OC(C)(C)C. The van der Waals surface area contributed by atoms with Gasteiger partial charge in [0.05, 0.1) is 0 Å². The predicted molar refractivity (Wildman–Crippen MR) is 237 cm³/mol. The van der Waals surface area contributed by atoms with Crippen molar-refractivity contribution in [3.8, 4) is 17.2 Å². The lowest BCUT2D eigenvalue weighted by Crippen LogP contribution is -2.46. The summed E-state index contributed by atoms with van der Waals surface area (Å²) in [6, 6.07) is 7.99. The van der Waals surface area contributed by atoms with Crippen LogP contribution in [0, 0.1) is 17.8 Å². The van der Waals surface area contributed by atoms with Crippen LogP contribution in [0.3, 0.4) is 0 Å². The van der Waals surface area contributed by atoms with Gasteiger partial charge in [0.25, 0.3) is 0 Å². The summed E-state index contributed by atoms with van der Waals surface area (Å²) in [7, 11) is 0. The van der Waals surface area contributed by atoms with E-state index in [-0.39, 0.29) is 47.8 Å². The van der Waals surface area contributed by atoms with E-state index in [0.29, 0.717) is 17.5 Å². The molecule has 0 aliphatic carbocycles. The molecule has 15 heteroatoms. The first-order chi connectivity index (χ1) is 28.5. The molecule has 0 aliphatic rings. The third kappa shape index (κ3) is 21.8. The van der Waals surface area contributed by atoms with Crippen LogP contribution in [0.4, 0.5) is 14.4 Å². The molecule has 0 fully saturated rings. The van der Waals surface area contributed by atoms with E-state index in [0.717, 1.165) is 0 Å². The molecule has 2 aromatic rings. The van der Waals surface area contributed by atoms with Crippen LogP contribution in [0.25, 0.3) is 12.2 Å². The van der Waals surface area contributed by atoms with Gasteiger partial charge in [-0.3, -0.25) is 0 Å². The molecule has 2 rings (SSSR count).